The van der Waals surface area contributed by atoms with Crippen LogP contribution in [-0.4, -0.2) is 5.97 Å². The van der Waals surface area contributed by atoms with Crippen molar-refractivity contribution in [1.29, 1.82) is 0 Å². The Morgan fingerprint density at radius 3 is 3.00 bits per heavy atom. The zero-order valence-corrected chi connectivity index (χ0v) is 8.77. The monoisotopic (exact) mass is 202 g/mol. The summed E-state index contributed by atoms with van der Waals surface area (Å²) in [7, 11) is 0. The van der Waals surface area contributed by atoms with Crippen LogP contribution in [-0.2, 0) is 16.0 Å². The third-order valence-corrected chi connectivity index (χ3v) is 3.75. The summed E-state index contributed by atoms with van der Waals surface area (Å²) in [6, 6.07) is 8.32. The number of fused-ring (bicyclic) bond motifs is 3. The second kappa shape index (κ2) is 3.09. The highest BCUT2D eigenvalue weighted by atomic mass is 16.6. The van der Waals surface area contributed by atoms with Gasteiger partial charge < -0.3 is 4.74 Å². The van der Waals surface area contributed by atoms with Gasteiger partial charge in [-0.1, -0.05) is 31.2 Å². The van der Waals surface area contributed by atoms with Crippen LogP contribution in [0.2, 0.25) is 0 Å². The molecule has 0 unspecified atom stereocenters. The predicted octanol–water partition coefficient (Wildman–Crippen LogP) is 2.48. The van der Waals surface area contributed by atoms with Crippen molar-refractivity contribution in [2.24, 2.45) is 11.8 Å². The minimum atomic E-state index is -0.0262. The van der Waals surface area contributed by atoms with E-state index in [1.165, 1.54) is 11.1 Å². The summed E-state index contributed by atoms with van der Waals surface area (Å²) in [6.45, 7) is 1.99. The van der Waals surface area contributed by atoms with Crippen molar-refractivity contribution in [2.75, 3.05) is 0 Å². The Kier molecular flexibility index (Phi) is 1.84. The minimum absolute atomic E-state index is 0.0254. The van der Waals surface area contributed by atoms with E-state index in [-0.39, 0.29) is 18.0 Å². The summed E-state index contributed by atoms with van der Waals surface area (Å²) in [4.78, 5) is 11.5. The largest absolute Gasteiger partial charge is 0.457 e. The van der Waals surface area contributed by atoms with E-state index >= 15 is 0 Å². The third-order valence-electron chi connectivity index (χ3n) is 3.75. The molecule has 15 heavy (non-hydrogen) atoms. The third kappa shape index (κ3) is 1.21. The Morgan fingerprint density at radius 1 is 1.33 bits per heavy atom. The first kappa shape index (κ1) is 8.96. The molecule has 3 atom stereocenters. The molecule has 0 aromatic heterocycles. The summed E-state index contributed by atoms with van der Waals surface area (Å²) in [5.74, 6) is 0.442. The van der Waals surface area contributed by atoms with E-state index < -0.39 is 0 Å². The van der Waals surface area contributed by atoms with Crippen molar-refractivity contribution in [1.82, 2.24) is 0 Å². The number of carbonyl (C=O) groups is 1. The lowest BCUT2D eigenvalue weighted by Crippen LogP contribution is -2.20. The fraction of sp³-hybridized carbons (Fsp3) is 0.462. The maximum Gasteiger partial charge on any atom is 0.309 e. The zero-order valence-electron chi connectivity index (χ0n) is 8.77. The van der Waals surface area contributed by atoms with Gasteiger partial charge in [-0.2, -0.15) is 0 Å². The molecule has 78 valence electrons. The van der Waals surface area contributed by atoms with Crippen LogP contribution in [0.1, 0.15) is 30.6 Å². The van der Waals surface area contributed by atoms with Crippen molar-refractivity contribution in [3.63, 3.8) is 0 Å². The summed E-state index contributed by atoms with van der Waals surface area (Å²) in [6.07, 6.45) is 2.19. The number of esters is 1. The summed E-state index contributed by atoms with van der Waals surface area (Å²) < 4.78 is 5.47. The van der Waals surface area contributed by atoms with E-state index in [2.05, 4.69) is 18.2 Å². The van der Waals surface area contributed by atoms with Crippen LogP contribution < -0.4 is 0 Å². The Labute approximate surface area is 89.2 Å². The van der Waals surface area contributed by atoms with Crippen LogP contribution in [0.3, 0.4) is 0 Å². The van der Waals surface area contributed by atoms with E-state index in [0.717, 1.165) is 12.8 Å². The van der Waals surface area contributed by atoms with Crippen LogP contribution in [0.15, 0.2) is 24.3 Å². The average molecular weight is 202 g/mol. The first-order chi connectivity index (χ1) is 7.27. The molecule has 1 aromatic carbocycles. The number of hydrogen-bond acceptors (Lipinski definition) is 2. The van der Waals surface area contributed by atoms with Gasteiger partial charge in [-0.15, -0.1) is 0 Å². The summed E-state index contributed by atoms with van der Waals surface area (Å²) in [5, 5.41) is 0. The average Bonchev–Trinajstić information content (AvgIpc) is 2.56. The van der Waals surface area contributed by atoms with E-state index in [1.54, 1.807) is 0 Å². The van der Waals surface area contributed by atoms with Gasteiger partial charge in [0.05, 0.1) is 5.92 Å². The molecule has 0 spiro atoms. The van der Waals surface area contributed by atoms with Gasteiger partial charge in [-0.05, 0) is 24.0 Å². The van der Waals surface area contributed by atoms with E-state index in [4.69, 9.17) is 4.74 Å². The quantitative estimate of drug-likeness (QED) is 0.604. The molecule has 1 aliphatic heterocycles. The highest BCUT2D eigenvalue weighted by Crippen LogP contribution is 2.46. The second-order valence-corrected chi connectivity index (χ2v) is 4.55. The molecule has 1 heterocycles. The molecular formula is C13H14O2. The van der Waals surface area contributed by atoms with Gasteiger partial charge in [0.1, 0.15) is 6.10 Å². The van der Waals surface area contributed by atoms with E-state index in [9.17, 15) is 4.79 Å². The normalized spacial score (nSPS) is 33.1. The standard InChI is InChI=1S/C13H14O2/c1-8-10-7-6-9-4-2-3-5-11(9)12(10)15-13(8)14/h2-5,8,10,12H,6-7H2,1H3/t8-,10+,12-/m1/s1. The van der Waals surface area contributed by atoms with Crippen LogP contribution in [0.25, 0.3) is 0 Å². The molecule has 2 heteroatoms. The van der Waals surface area contributed by atoms with Crippen LogP contribution in [0.4, 0.5) is 0 Å². The molecule has 0 N–H and O–H groups in total. The molecule has 2 nitrogen and oxygen atoms in total. The number of rotatable bonds is 0. The summed E-state index contributed by atoms with van der Waals surface area (Å²) in [5.41, 5.74) is 2.58. The molecule has 1 aliphatic carbocycles. The first-order valence-electron chi connectivity index (χ1n) is 5.55. The van der Waals surface area contributed by atoms with Crippen molar-refractivity contribution >= 4 is 5.97 Å². The molecule has 1 saturated heterocycles. The molecule has 3 rings (SSSR count). The lowest BCUT2D eigenvalue weighted by molar-refractivity contribution is -0.144. The maximum atomic E-state index is 11.5. The van der Waals surface area contributed by atoms with Gasteiger partial charge in [0.2, 0.25) is 0 Å². The predicted molar refractivity (Wildman–Crippen MR) is 56.3 cm³/mol. The van der Waals surface area contributed by atoms with Gasteiger partial charge in [-0.3, -0.25) is 4.79 Å². The van der Waals surface area contributed by atoms with Gasteiger partial charge in [-0.25, -0.2) is 0 Å². The first-order valence-corrected chi connectivity index (χ1v) is 5.55. The lowest BCUT2D eigenvalue weighted by Gasteiger charge is -2.27. The van der Waals surface area contributed by atoms with Gasteiger partial charge >= 0.3 is 5.97 Å². The number of benzene rings is 1. The SMILES string of the molecule is C[C@H]1C(=O)O[C@H]2c3ccccc3CC[C@@H]12. The highest BCUT2D eigenvalue weighted by Gasteiger charge is 2.44. The molecular weight excluding hydrogens is 188 g/mol. The van der Waals surface area contributed by atoms with Crippen molar-refractivity contribution < 1.29 is 9.53 Å². The van der Waals surface area contributed by atoms with Crippen molar-refractivity contribution in [2.45, 2.75) is 25.9 Å². The van der Waals surface area contributed by atoms with Gasteiger partial charge in [0.15, 0.2) is 0 Å². The van der Waals surface area contributed by atoms with Crippen LogP contribution >= 0.6 is 0 Å². The number of carbonyl (C=O) groups excluding carboxylic acids is 1. The lowest BCUT2D eigenvalue weighted by atomic mass is 9.77. The van der Waals surface area contributed by atoms with Crippen molar-refractivity contribution in [3.8, 4) is 0 Å². The number of ether oxygens (including phenoxy) is 1. The second-order valence-electron chi connectivity index (χ2n) is 4.55. The van der Waals surface area contributed by atoms with E-state index in [0.29, 0.717) is 5.92 Å². The number of aryl methyl sites for hydroxylation is 1. The molecule has 0 saturated carbocycles. The fourth-order valence-corrected chi connectivity index (χ4v) is 2.81. The molecule has 0 radical (unpaired) electrons. The Bertz CT molecular complexity index is 411. The van der Waals surface area contributed by atoms with Gasteiger partial charge in [0, 0.05) is 5.92 Å². The zero-order chi connectivity index (χ0) is 10.4. The van der Waals surface area contributed by atoms with Crippen LogP contribution in [0, 0.1) is 11.8 Å². The van der Waals surface area contributed by atoms with E-state index in [1.807, 2.05) is 13.0 Å². The molecule has 1 aromatic rings. The molecule has 1 fully saturated rings. The highest BCUT2D eigenvalue weighted by molar-refractivity contribution is 5.75. The molecule has 0 bridgehead atoms. The Morgan fingerprint density at radius 2 is 2.13 bits per heavy atom. The topological polar surface area (TPSA) is 26.3 Å². The Balaban J connectivity index is 2.05. The number of hydrogen-bond donors (Lipinski definition) is 0. The van der Waals surface area contributed by atoms with Gasteiger partial charge in [0.25, 0.3) is 0 Å². The minimum Gasteiger partial charge on any atom is -0.457 e. The smallest absolute Gasteiger partial charge is 0.309 e. The maximum absolute atomic E-state index is 11.5. The Hall–Kier alpha value is -1.31. The molecule has 0 amide bonds. The van der Waals surface area contributed by atoms with Crippen molar-refractivity contribution in [3.05, 3.63) is 35.4 Å². The summed E-state index contributed by atoms with van der Waals surface area (Å²) >= 11 is 0. The van der Waals surface area contributed by atoms with Crippen LogP contribution in [0.5, 0.6) is 0 Å². The fourth-order valence-electron chi connectivity index (χ4n) is 2.81. The molecule has 2 aliphatic rings.